The second-order valence-corrected chi connectivity index (χ2v) is 6.45. The smallest absolute Gasteiger partial charge is 0.323 e. The van der Waals surface area contributed by atoms with Gasteiger partial charge in [-0.1, -0.05) is 17.3 Å². The molecule has 0 atom stereocenters. The Bertz CT molecular complexity index is 970. The van der Waals surface area contributed by atoms with Crippen molar-refractivity contribution in [2.75, 3.05) is 36.4 Å². The molecule has 3 heterocycles. The first kappa shape index (κ1) is 17.9. The van der Waals surface area contributed by atoms with Crippen molar-refractivity contribution in [1.29, 1.82) is 0 Å². The van der Waals surface area contributed by atoms with Crippen molar-refractivity contribution in [3.8, 4) is 11.3 Å². The van der Waals surface area contributed by atoms with Crippen LogP contribution in [0.25, 0.3) is 11.3 Å². The molecule has 8 nitrogen and oxygen atoms in total. The van der Waals surface area contributed by atoms with Gasteiger partial charge in [-0.05, 0) is 31.2 Å². The van der Waals surface area contributed by atoms with E-state index in [1.54, 1.807) is 36.2 Å². The number of hydrogen-bond donors (Lipinski definition) is 1. The van der Waals surface area contributed by atoms with Crippen LogP contribution in [-0.2, 0) is 0 Å². The normalized spacial score (nSPS) is 14.2. The molecule has 3 aromatic rings. The van der Waals surface area contributed by atoms with E-state index < -0.39 is 5.82 Å². The highest BCUT2D eigenvalue weighted by Gasteiger charge is 2.24. The van der Waals surface area contributed by atoms with E-state index in [2.05, 4.69) is 25.6 Å². The summed E-state index contributed by atoms with van der Waals surface area (Å²) in [7, 11) is 0. The van der Waals surface area contributed by atoms with E-state index in [1.807, 2.05) is 12.1 Å². The van der Waals surface area contributed by atoms with Crippen LogP contribution < -0.4 is 10.2 Å². The fourth-order valence-corrected chi connectivity index (χ4v) is 3.13. The molecule has 1 saturated heterocycles. The first-order chi connectivity index (χ1) is 13.6. The van der Waals surface area contributed by atoms with Gasteiger partial charge < -0.3 is 14.3 Å². The van der Waals surface area contributed by atoms with Crippen LogP contribution in [0.3, 0.4) is 0 Å². The first-order valence-electron chi connectivity index (χ1n) is 8.93. The predicted molar refractivity (Wildman–Crippen MR) is 101 cm³/mol. The Morgan fingerprint density at radius 2 is 1.93 bits per heavy atom. The molecule has 1 aliphatic rings. The van der Waals surface area contributed by atoms with Gasteiger partial charge in [0.1, 0.15) is 5.82 Å². The number of amides is 2. The van der Waals surface area contributed by atoms with Crippen molar-refractivity contribution in [2.24, 2.45) is 0 Å². The molecule has 9 heteroatoms. The number of carbonyl (C=O) groups excluding carboxylic acids is 1. The molecule has 4 rings (SSSR count). The summed E-state index contributed by atoms with van der Waals surface area (Å²) in [4.78, 5) is 16.4. The molecule has 0 radical (unpaired) electrons. The molecule has 0 bridgehead atoms. The molecular formula is C19H19FN6O2. The molecule has 0 saturated carbocycles. The quantitative estimate of drug-likeness (QED) is 0.749. The number of aromatic nitrogens is 3. The van der Waals surface area contributed by atoms with Gasteiger partial charge in [0.15, 0.2) is 17.4 Å². The number of nitrogens with one attached hydrogen (secondary N) is 1. The fraction of sp³-hybridized carbons (Fsp3) is 0.263. The van der Waals surface area contributed by atoms with E-state index >= 15 is 0 Å². The molecule has 0 unspecified atom stereocenters. The molecule has 2 aromatic heterocycles. The van der Waals surface area contributed by atoms with Crippen molar-refractivity contribution in [2.45, 2.75) is 6.92 Å². The maximum atomic E-state index is 14.0. The molecule has 0 spiro atoms. The van der Waals surface area contributed by atoms with Gasteiger partial charge in [-0.25, -0.2) is 9.18 Å². The van der Waals surface area contributed by atoms with Crippen LogP contribution in [0.2, 0.25) is 0 Å². The zero-order chi connectivity index (χ0) is 19.5. The molecule has 1 aliphatic heterocycles. The van der Waals surface area contributed by atoms with Gasteiger partial charge in [0, 0.05) is 37.9 Å². The van der Waals surface area contributed by atoms with Crippen molar-refractivity contribution in [3.63, 3.8) is 0 Å². The number of piperazine rings is 1. The number of urea groups is 1. The van der Waals surface area contributed by atoms with Gasteiger partial charge >= 0.3 is 6.03 Å². The van der Waals surface area contributed by atoms with Crippen molar-refractivity contribution in [3.05, 3.63) is 54.0 Å². The third-order valence-corrected chi connectivity index (χ3v) is 4.72. The minimum atomic E-state index is -0.403. The highest BCUT2D eigenvalue weighted by atomic mass is 19.1. The topological polar surface area (TPSA) is 87.4 Å². The summed E-state index contributed by atoms with van der Waals surface area (Å²) in [5.41, 5.74) is 0.891. The number of anilines is 2. The average Bonchev–Trinajstić information content (AvgIpc) is 3.09. The lowest BCUT2D eigenvalue weighted by Gasteiger charge is -2.34. The molecule has 0 aliphatic carbocycles. The van der Waals surface area contributed by atoms with Crippen molar-refractivity contribution < 1.29 is 13.7 Å². The van der Waals surface area contributed by atoms with Gasteiger partial charge in [-0.15, -0.1) is 5.10 Å². The molecule has 144 valence electrons. The number of carbonyl (C=O) groups is 1. The number of hydrogen-bond acceptors (Lipinski definition) is 6. The average molecular weight is 382 g/mol. The Hall–Kier alpha value is -3.49. The van der Waals surface area contributed by atoms with E-state index in [-0.39, 0.29) is 6.03 Å². The highest BCUT2D eigenvalue weighted by Crippen LogP contribution is 2.30. The highest BCUT2D eigenvalue weighted by molar-refractivity contribution is 5.90. The summed E-state index contributed by atoms with van der Waals surface area (Å²) in [6.45, 7) is 4.13. The Morgan fingerprint density at radius 3 is 2.64 bits per heavy atom. The fourth-order valence-electron chi connectivity index (χ4n) is 3.13. The Labute approximate surface area is 160 Å². The Morgan fingerprint density at radius 1 is 1.14 bits per heavy atom. The molecule has 1 fully saturated rings. The number of benzene rings is 1. The van der Waals surface area contributed by atoms with Crippen LogP contribution >= 0.6 is 0 Å². The molecular weight excluding hydrogens is 363 g/mol. The molecule has 1 N–H and O–H groups in total. The van der Waals surface area contributed by atoms with Gasteiger partial charge in [0.2, 0.25) is 0 Å². The Balaban J connectivity index is 1.41. The minimum Gasteiger partial charge on any atom is -0.354 e. The standard InChI is InChI=1S/C19H19FN6O2/c1-13-17(14-5-2-3-6-15(14)20)28-24-18(13)22-19(27)26-11-9-25(10-12-26)16-7-4-8-21-23-16/h2-8H,9-12H2,1H3,(H,22,24,27). The minimum absolute atomic E-state index is 0.268. The van der Waals surface area contributed by atoms with Crippen LogP contribution in [-0.4, -0.2) is 52.5 Å². The zero-order valence-corrected chi connectivity index (χ0v) is 15.3. The number of halogens is 1. The van der Waals surface area contributed by atoms with Gasteiger partial charge in [0.25, 0.3) is 0 Å². The summed E-state index contributed by atoms with van der Waals surface area (Å²) >= 11 is 0. The third kappa shape index (κ3) is 3.51. The summed E-state index contributed by atoms with van der Waals surface area (Å²) in [5.74, 6) is 0.990. The van der Waals surface area contributed by atoms with E-state index in [0.29, 0.717) is 48.9 Å². The second kappa shape index (κ2) is 7.63. The summed E-state index contributed by atoms with van der Waals surface area (Å²) in [6.07, 6.45) is 1.63. The zero-order valence-electron chi connectivity index (χ0n) is 15.3. The Kier molecular flexibility index (Phi) is 4.88. The lowest BCUT2D eigenvalue weighted by molar-refractivity contribution is 0.207. The van der Waals surface area contributed by atoms with Crippen LogP contribution in [0, 0.1) is 12.7 Å². The maximum Gasteiger partial charge on any atom is 0.323 e. The largest absolute Gasteiger partial charge is 0.354 e. The number of rotatable bonds is 3. The lowest BCUT2D eigenvalue weighted by atomic mass is 10.1. The van der Waals surface area contributed by atoms with E-state index in [9.17, 15) is 9.18 Å². The molecule has 28 heavy (non-hydrogen) atoms. The lowest BCUT2D eigenvalue weighted by Crippen LogP contribution is -2.50. The monoisotopic (exact) mass is 382 g/mol. The third-order valence-electron chi connectivity index (χ3n) is 4.72. The summed E-state index contributed by atoms with van der Waals surface area (Å²) in [5, 5.41) is 14.6. The van der Waals surface area contributed by atoms with Gasteiger partial charge in [-0.2, -0.15) is 5.10 Å². The van der Waals surface area contributed by atoms with Crippen LogP contribution in [0.15, 0.2) is 47.1 Å². The SMILES string of the molecule is Cc1c(NC(=O)N2CCN(c3cccnn3)CC2)noc1-c1ccccc1F. The molecule has 1 aromatic carbocycles. The van der Waals surface area contributed by atoms with Gasteiger partial charge in [-0.3, -0.25) is 5.32 Å². The van der Waals surface area contributed by atoms with Crippen LogP contribution in [0.1, 0.15) is 5.56 Å². The maximum absolute atomic E-state index is 14.0. The summed E-state index contributed by atoms with van der Waals surface area (Å²) < 4.78 is 19.3. The number of nitrogens with zero attached hydrogens (tertiary/aromatic N) is 5. The van der Waals surface area contributed by atoms with Crippen molar-refractivity contribution >= 4 is 17.7 Å². The van der Waals surface area contributed by atoms with Gasteiger partial charge in [0.05, 0.1) is 5.56 Å². The summed E-state index contributed by atoms with van der Waals surface area (Å²) in [6, 6.07) is 9.75. The van der Waals surface area contributed by atoms with Crippen LogP contribution in [0.5, 0.6) is 0 Å². The van der Waals surface area contributed by atoms with Crippen molar-refractivity contribution in [1.82, 2.24) is 20.3 Å². The van der Waals surface area contributed by atoms with E-state index in [1.165, 1.54) is 6.07 Å². The molecule has 2 amide bonds. The second-order valence-electron chi connectivity index (χ2n) is 6.45. The first-order valence-corrected chi connectivity index (χ1v) is 8.93. The van der Waals surface area contributed by atoms with Crippen LogP contribution in [0.4, 0.5) is 20.8 Å². The predicted octanol–water partition coefficient (Wildman–Crippen LogP) is 2.93. The van der Waals surface area contributed by atoms with E-state index in [4.69, 9.17) is 4.52 Å². The van der Waals surface area contributed by atoms with E-state index in [0.717, 1.165) is 5.82 Å².